The molecule has 1 unspecified atom stereocenters. The van der Waals surface area contributed by atoms with E-state index in [2.05, 4.69) is 85.6 Å². The molecule has 0 aliphatic heterocycles. The molecule has 0 bridgehead atoms. The Kier molecular flexibility index (Phi) is 7.76. The van der Waals surface area contributed by atoms with Crippen LogP contribution >= 0.6 is 15.9 Å². The number of hydrogen-bond acceptors (Lipinski definition) is 2. The second kappa shape index (κ2) is 10.3. The van der Waals surface area contributed by atoms with Crippen LogP contribution in [0.5, 0.6) is 5.75 Å². The number of ether oxygens (including phenoxy) is 1. The molecule has 1 aromatic heterocycles. The fraction of sp³-hybridized carbons (Fsp3) is 0.423. The molecule has 0 aliphatic rings. The molecule has 30 heavy (non-hydrogen) atoms. The molecule has 3 rings (SSSR count). The monoisotopic (exact) mass is 468 g/mol. The van der Waals surface area contributed by atoms with Crippen LogP contribution in [0, 0.1) is 6.92 Å². The Hall–Kier alpha value is -2.07. The van der Waals surface area contributed by atoms with E-state index < -0.39 is 0 Å². The summed E-state index contributed by atoms with van der Waals surface area (Å²) in [5.41, 5.74) is 6.29. The van der Waals surface area contributed by atoms with E-state index in [0.717, 1.165) is 53.0 Å². The van der Waals surface area contributed by atoms with E-state index in [4.69, 9.17) is 9.72 Å². The van der Waals surface area contributed by atoms with Crippen molar-refractivity contribution >= 4 is 15.9 Å². The van der Waals surface area contributed by atoms with Crippen molar-refractivity contribution < 1.29 is 4.74 Å². The molecule has 0 amide bonds. The van der Waals surface area contributed by atoms with E-state index in [9.17, 15) is 0 Å². The maximum atomic E-state index is 6.16. The lowest BCUT2D eigenvalue weighted by atomic mass is 9.91. The van der Waals surface area contributed by atoms with Crippen molar-refractivity contribution in [3.8, 4) is 17.1 Å². The smallest absolute Gasteiger partial charge is 0.140 e. The molecular weight excluding hydrogens is 436 g/mol. The predicted molar refractivity (Wildman–Crippen MR) is 129 cm³/mol. The highest BCUT2D eigenvalue weighted by Gasteiger charge is 2.14. The Labute approximate surface area is 189 Å². The van der Waals surface area contributed by atoms with Crippen LogP contribution in [0.2, 0.25) is 0 Å². The first kappa shape index (κ1) is 22.6. The summed E-state index contributed by atoms with van der Waals surface area (Å²) in [5.74, 6) is 2.55. The van der Waals surface area contributed by atoms with Crippen molar-refractivity contribution in [3.05, 3.63) is 69.5 Å². The van der Waals surface area contributed by atoms with Gasteiger partial charge in [0.2, 0.25) is 0 Å². The summed E-state index contributed by atoms with van der Waals surface area (Å²) in [5, 5.41) is 0. The Morgan fingerprint density at radius 3 is 2.60 bits per heavy atom. The minimum absolute atomic E-state index is 0.592. The third-order valence-corrected chi connectivity index (χ3v) is 6.37. The molecule has 1 heterocycles. The van der Waals surface area contributed by atoms with E-state index in [1.807, 2.05) is 12.1 Å². The number of imidazole rings is 1. The highest BCUT2D eigenvalue weighted by atomic mass is 79.9. The average molecular weight is 469 g/mol. The maximum absolute atomic E-state index is 6.16. The van der Waals surface area contributed by atoms with Crippen molar-refractivity contribution in [1.82, 2.24) is 9.55 Å². The second-order valence-electron chi connectivity index (χ2n) is 8.06. The van der Waals surface area contributed by atoms with Gasteiger partial charge in [0.05, 0.1) is 12.3 Å². The summed E-state index contributed by atoms with van der Waals surface area (Å²) in [6.07, 6.45) is 4.25. The van der Waals surface area contributed by atoms with Crippen molar-refractivity contribution in [2.24, 2.45) is 7.05 Å². The standard InChI is InChI=1S/C26H33BrN2O/c1-6-9-20-17-23(12-13-24(20)18(3)7-2)30-15-14-25-19(4)28-26(29(25)5)21-10-8-11-22(27)16-21/h8,10-13,16-18H,6-7,9,14-15H2,1-5H3. The number of benzene rings is 2. The van der Waals surface area contributed by atoms with Gasteiger partial charge in [-0.25, -0.2) is 4.98 Å². The van der Waals surface area contributed by atoms with Gasteiger partial charge in [0.15, 0.2) is 0 Å². The first-order valence-electron chi connectivity index (χ1n) is 11.0. The number of aromatic nitrogens is 2. The second-order valence-corrected chi connectivity index (χ2v) is 8.97. The van der Waals surface area contributed by atoms with Crippen LogP contribution in [-0.4, -0.2) is 16.2 Å². The molecule has 0 saturated heterocycles. The zero-order valence-corrected chi connectivity index (χ0v) is 20.4. The Morgan fingerprint density at radius 1 is 1.10 bits per heavy atom. The van der Waals surface area contributed by atoms with Gasteiger partial charge in [0.1, 0.15) is 11.6 Å². The van der Waals surface area contributed by atoms with Gasteiger partial charge >= 0.3 is 0 Å². The van der Waals surface area contributed by atoms with Crippen LogP contribution in [0.3, 0.4) is 0 Å². The lowest BCUT2D eigenvalue weighted by molar-refractivity contribution is 0.318. The van der Waals surface area contributed by atoms with Gasteiger partial charge in [0.25, 0.3) is 0 Å². The molecule has 2 aromatic carbocycles. The summed E-state index contributed by atoms with van der Waals surface area (Å²) in [6.45, 7) is 9.53. The van der Waals surface area contributed by atoms with Crippen LogP contribution in [-0.2, 0) is 19.9 Å². The molecule has 0 saturated carbocycles. The fourth-order valence-electron chi connectivity index (χ4n) is 4.03. The minimum Gasteiger partial charge on any atom is -0.493 e. The first-order valence-corrected chi connectivity index (χ1v) is 11.8. The number of aryl methyl sites for hydroxylation is 2. The Bertz CT molecular complexity index is 993. The SMILES string of the molecule is CCCc1cc(OCCc2c(C)nc(-c3cccc(Br)c3)n2C)ccc1C(C)CC. The third kappa shape index (κ3) is 5.15. The fourth-order valence-corrected chi connectivity index (χ4v) is 4.43. The lowest BCUT2D eigenvalue weighted by Crippen LogP contribution is -2.08. The maximum Gasteiger partial charge on any atom is 0.140 e. The molecule has 0 N–H and O–H groups in total. The molecule has 3 aromatic rings. The summed E-state index contributed by atoms with van der Waals surface area (Å²) in [6, 6.07) is 14.9. The van der Waals surface area contributed by atoms with Crippen LogP contribution in [0.25, 0.3) is 11.4 Å². The summed E-state index contributed by atoms with van der Waals surface area (Å²) in [4.78, 5) is 4.81. The number of rotatable bonds is 9. The van der Waals surface area contributed by atoms with Crippen molar-refractivity contribution in [3.63, 3.8) is 0 Å². The van der Waals surface area contributed by atoms with Crippen LogP contribution in [0.4, 0.5) is 0 Å². The Balaban J connectivity index is 1.72. The normalized spacial score (nSPS) is 12.2. The zero-order valence-electron chi connectivity index (χ0n) is 18.8. The molecule has 0 radical (unpaired) electrons. The number of hydrogen-bond donors (Lipinski definition) is 0. The zero-order chi connectivity index (χ0) is 21.7. The molecule has 160 valence electrons. The largest absolute Gasteiger partial charge is 0.493 e. The van der Waals surface area contributed by atoms with Crippen molar-refractivity contribution in [2.45, 2.75) is 59.3 Å². The van der Waals surface area contributed by atoms with Crippen molar-refractivity contribution in [1.29, 1.82) is 0 Å². The van der Waals surface area contributed by atoms with E-state index in [1.165, 1.54) is 16.8 Å². The molecule has 0 spiro atoms. The van der Waals surface area contributed by atoms with E-state index in [-0.39, 0.29) is 0 Å². The predicted octanol–water partition coefficient (Wildman–Crippen LogP) is 7.25. The van der Waals surface area contributed by atoms with Gasteiger partial charge in [-0.3, -0.25) is 0 Å². The van der Waals surface area contributed by atoms with Crippen molar-refractivity contribution in [2.75, 3.05) is 6.61 Å². The number of halogens is 1. The minimum atomic E-state index is 0.592. The van der Waals surface area contributed by atoms with Crippen LogP contribution < -0.4 is 4.74 Å². The topological polar surface area (TPSA) is 27.1 Å². The average Bonchev–Trinajstić information content (AvgIpc) is 3.02. The van der Waals surface area contributed by atoms with Crippen LogP contribution in [0.1, 0.15) is 62.0 Å². The van der Waals surface area contributed by atoms with Gasteiger partial charge in [-0.15, -0.1) is 0 Å². The van der Waals surface area contributed by atoms with E-state index >= 15 is 0 Å². The van der Waals surface area contributed by atoms with Gasteiger partial charge < -0.3 is 9.30 Å². The van der Waals surface area contributed by atoms with E-state index in [0.29, 0.717) is 12.5 Å². The summed E-state index contributed by atoms with van der Waals surface area (Å²) >= 11 is 3.56. The van der Waals surface area contributed by atoms with Crippen LogP contribution in [0.15, 0.2) is 46.9 Å². The van der Waals surface area contributed by atoms with Gasteiger partial charge in [0, 0.05) is 29.2 Å². The summed E-state index contributed by atoms with van der Waals surface area (Å²) in [7, 11) is 2.09. The third-order valence-electron chi connectivity index (χ3n) is 5.88. The first-order chi connectivity index (χ1) is 14.4. The lowest BCUT2D eigenvalue weighted by Gasteiger charge is -2.17. The quantitative estimate of drug-likeness (QED) is 0.330. The molecule has 0 aliphatic carbocycles. The Morgan fingerprint density at radius 2 is 1.90 bits per heavy atom. The molecule has 3 nitrogen and oxygen atoms in total. The molecular formula is C26H33BrN2O. The highest BCUT2D eigenvalue weighted by Crippen LogP contribution is 2.28. The molecule has 4 heteroatoms. The van der Waals surface area contributed by atoms with Gasteiger partial charge in [-0.1, -0.05) is 61.3 Å². The summed E-state index contributed by atoms with van der Waals surface area (Å²) < 4.78 is 9.41. The van der Waals surface area contributed by atoms with Gasteiger partial charge in [-0.2, -0.15) is 0 Å². The van der Waals surface area contributed by atoms with Gasteiger partial charge in [-0.05, 0) is 61.1 Å². The number of nitrogens with zero attached hydrogens (tertiary/aromatic N) is 2. The van der Waals surface area contributed by atoms with E-state index in [1.54, 1.807) is 0 Å². The highest BCUT2D eigenvalue weighted by molar-refractivity contribution is 9.10. The molecule has 0 fully saturated rings. The molecule has 1 atom stereocenters.